The summed E-state index contributed by atoms with van der Waals surface area (Å²) < 4.78 is 15.7. The van der Waals surface area contributed by atoms with E-state index in [1.807, 2.05) is 0 Å². The number of ether oxygens (including phenoxy) is 3. The number of esters is 2. The molecule has 24 heavy (non-hydrogen) atoms. The molecule has 0 bridgehead atoms. The Hall–Kier alpha value is -2.30. The lowest BCUT2D eigenvalue weighted by Crippen LogP contribution is -2.31. The molecule has 0 aliphatic rings. The molecular formula is C19H26O5. The Labute approximate surface area is 143 Å². The van der Waals surface area contributed by atoms with Gasteiger partial charge >= 0.3 is 11.9 Å². The lowest BCUT2D eigenvalue weighted by atomic mass is 10.1. The third-order valence-electron chi connectivity index (χ3n) is 2.66. The Morgan fingerprint density at radius 3 is 1.58 bits per heavy atom. The fourth-order valence-corrected chi connectivity index (χ4v) is 1.73. The number of carbonyl (C=O) groups excluding carboxylic acids is 2. The van der Waals surface area contributed by atoms with E-state index in [4.69, 9.17) is 14.2 Å². The molecule has 0 spiro atoms. The maximum absolute atomic E-state index is 12.4. The number of methoxy groups -OCH3 is 1. The standard InChI is InChI=1S/C19H26O5/c1-18(2,3)23-16(20)15(17(21)24-19(4,5)6)12-13-8-10-14(22-7)11-9-13/h8-12H,1-7H3. The second kappa shape index (κ2) is 7.51. The van der Waals surface area contributed by atoms with Gasteiger partial charge in [0.15, 0.2) is 0 Å². The molecule has 0 fully saturated rings. The summed E-state index contributed by atoms with van der Waals surface area (Å²) >= 11 is 0. The zero-order valence-corrected chi connectivity index (χ0v) is 15.4. The molecule has 0 saturated heterocycles. The van der Waals surface area contributed by atoms with Gasteiger partial charge in [-0.1, -0.05) is 12.1 Å². The summed E-state index contributed by atoms with van der Waals surface area (Å²) in [6, 6.07) is 6.97. The molecule has 0 aromatic heterocycles. The minimum Gasteiger partial charge on any atom is -0.497 e. The van der Waals surface area contributed by atoms with Crippen LogP contribution in [0.3, 0.4) is 0 Å². The molecule has 5 heteroatoms. The Morgan fingerprint density at radius 1 is 0.833 bits per heavy atom. The summed E-state index contributed by atoms with van der Waals surface area (Å²) in [5.41, 5.74) is -0.900. The van der Waals surface area contributed by atoms with E-state index in [9.17, 15) is 9.59 Å². The van der Waals surface area contributed by atoms with E-state index in [2.05, 4.69) is 0 Å². The quantitative estimate of drug-likeness (QED) is 0.363. The van der Waals surface area contributed by atoms with Gasteiger partial charge in [0.25, 0.3) is 0 Å². The van der Waals surface area contributed by atoms with Crippen LogP contribution in [0.2, 0.25) is 0 Å². The van der Waals surface area contributed by atoms with Crippen molar-refractivity contribution < 1.29 is 23.8 Å². The minimum atomic E-state index is -0.715. The summed E-state index contributed by atoms with van der Waals surface area (Å²) in [5.74, 6) is -0.747. The van der Waals surface area contributed by atoms with Crippen molar-refractivity contribution in [2.75, 3.05) is 7.11 Å². The molecule has 132 valence electrons. The van der Waals surface area contributed by atoms with Crippen molar-refractivity contribution >= 4 is 18.0 Å². The van der Waals surface area contributed by atoms with Crippen LogP contribution in [-0.2, 0) is 19.1 Å². The number of hydrogen-bond donors (Lipinski definition) is 0. The highest BCUT2D eigenvalue weighted by molar-refractivity contribution is 6.17. The summed E-state index contributed by atoms with van der Waals surface area (Å²) in [7, 11) is 1.57. The van der Waals surface area contributed by atoms with Crippen molar-refractivity contribution in [2.45, 2.75) is 52.7 Å². The Morgan fingerprint density at radius 2 is 1.25 bits per heavy atom. The van der Waals surface area contributed by atoms with E-state index < -0.39 is 23.1 Å². The summed E-state index contributed by atoms with van der Waals surface area (Å²) in [5, 5.41) is 0. The van der Waals surface area contributed by atoms with Crippen LogP contribution in [0.5, 0.6) is 5.75 Å². The first-order valence-electron chi connectivity index (χ1n) is 7.74. The zero-order chi connectivity index (χ0) is 18.5. The largest absolute Gasteiger partial charge is 0.497 e. The van der Waals surface area contributed by atoms with Crippen molar-refractivity contribution in [1.29, 1.82) is 0 Å². The molecule has 0 atom stereocenters. The van der Waals surface area contributed by atoms with Gasteiger partial charge in [-0.25, -0.2) is 9.59 Å². The second-order valence-corrected chi connectivity index (χ2v) is 7.33. The van der Waals surface area contributed by atoms with Crippen molar-refractivity contribution in [3.8, 4) is 5.75 Å². The van der Waals surface area contributed by atoms with Crippen LogP contribution in [0.4, 0.5) is 0 Å². The lowest BCUT2D eigenvalue weighted by Gasteiger charge is -2.23. The van der Waals surface area contributed by atoms with Gasteiger partial charge in [0, 0.05) is 0 Å². The van der Waals surface area contributed by atoms with E-state index in [1.54, 1.807) is 72.9 Å². The van der Waals surface area contributed by atoms with E-state index in [-0.39, 0.29) is 5.57 Å². The Kier molecular flexibility index (Phi) is 6.18. The van der Waals surface area contributed by atoms with Gasteiger partial charge < -0.3 is 14.2 Å². The van der Waals surface area contributed by atoms with Gasteiger partial charge in [-0.05, 0) is 65.3 Å². The molecule has 1 aromatic carbocycles. The molecule has 0 radical (unpaired) electrons. The van der Waals surface area contributed by atoms with E-state index >= 15 is 0 Å². The average Bonchev–Trinajstić information content (AvgIpc) is 2.41. The van der Waals surface area contributed by atoms with Crippen LogP contribution in [0.1, 0.15) is 47.1 Å². The number of carbonyl (C=O) groups is 2. The first-order valence-corrected chi connectivity index (χ1v) is 7.74. The molecule has 1 aromatic rings. The topological polar surface area (TPSA) is 61.8 Å². The summed E-state index contributed by atoms with van der Waals surface area (Å²) in [6.45, 7) is 10.4. The molecule has 0 heterocycles. The monoisotopic (exact) mass is 334 g/mol. The van der Waals surface area contributed by atoms with Gasteiger partial charge in [0.2, 0.25) is 0 Å². The number of hydrogen-bond acceptors (Lipinski definition) is 5. The minimum absolute atomic E-state index is 0.148. The van der Waals surface area contributed by atoms with Crippen LogP contribution in [0, 0.1) is 0 Å². The molecule has 0 N–H and O–H groups in total. The molecule has 5 nitrogen and oxygen atoms in total. The highest BCUT2D eigenvalue weighted by Crippen LogP contribution is 2.19. The molecule has 0 saturated carbocycles. The molecule has 0 aliphatic heterocycles. The van der Waals surface area contributed by atoms with Crippen LogP contribution in [0.25, 0.3) is 6.08 Å². The SMILES string of the molecule is COc1ccc(C=C(C(=O)OC(C)(C)C)C(=O)OC(C)(C)C)cc1. The van der Waals surface area contributed by atoms with Crippen LogP contribution in [-0.4, -0.2) is 30.3 Å². The van der Waals surface area contributed by atoms with Crippen molar-refractivity contribution in [3.05, 3.63) is 35.4 Å². The summed E-state index contributed by atoms with van der Waals surface area (Å²) in [6.07, 6.45) is 1.46. The molecule has 0 unspecified atom stereocenters. The van der Waals surface area contributed by atoms with Gasteiger partial charge in [-0.15, -0.1) is 0 Å². The van der Waals surface area contributed by atoms with Crippen LogP contribution >= 0.6 is 0 Å². The van der Waals surface area contributed by atoms with E-state index in [0.717, 1.165) is 0 Å². The van der Waals surface area contributed by atoms with Crippen LogP contribution < -0.4 is 4.74 Å². The first-order chi connectivity index (χ1) is 10.9. The molecule has 0 amide bonds. The zero-order valence-electron chi connectivity index (χ0n) is 15.4. The third kappa shape index (κ3) is 6.86. The molecule has 0 aliphatic carbocycles. The Balaban J connectivity index is 3.18. The van der Waals surface area contributed by atoms with E-state index in [0.29, 0.717) is 11.3 Å². The second-order valence-electron chi connectivity index (χ2n) is 7.33. The van der Waals surface area contributed by atoms with E-state index in [1.165, 1.54) is 6.08 Å². The lowest BCUT2D eigenvalue weighted by molar-refractivity contribution is -0.158. The highest BCUT2D eigenvalue weighted by atomic mass is 16.6. The average molecular weight is 334 g/mol. The van der Waals surface area contributed by atoms with Gasteiger partial charge in [0.05, 0.1) is 7.11 Å². The predicted molar refractivity (Wildman–Crippen MR) is 92.7 cm³/mol. The van der Waals surface area contributed by atoms with Crippen molar-refractivity contribution in [3.63, 3.8) is 0 Å². The molecular weight excluding hydrogens is 308 g/mol. The molecule has 1 rings (SSSR count). The van der Waals surface area contributed by atoms with Gasteiger partial charge in [-0.3, -0.25) is 0 Å². The number of rotatable bonds is 4. The van der Waals surface area contributed by atoms with Crippen molar-refractivity contribution in [2.24, 2.45) is 0 Å². The fourth-order valence-electron chi connectivity index (χ4n) is 1.73. The number of benzene rings is 1. The maximum Gasteiger partial charge on any atom is 0.346 e. The summed E-state index contributed by atoms with van der Waals surface area (Å²) in [4.78, 5) is 24.8. The Bertz CT molecular complexity index is 583. The maximum atomic E-state index is 12.4. The van der Waals surface area contributed by atoms with Crippen molar-refractivity contribution in [1.82, 2.24) is 0 Å². The van der Waals surface area contributed by atoms with Crippen LogP contribution in [0.15, 0.2) is 29.8 Å². The normalized spacial score (nSPS) is 11.5. The predicted octanol–water partition coefficient (Wildman–Crippen LogP) is 3.76. The van der Waals surface area contributed by atoms with Gasteiger partial charge in [0.1, 0.15) is 22.5 Å². The first kappa shape index (κ1) is 19.7. The third-order valence-corrected chi connectivity index (χ3v) is 2.66. The highest BCUT2D eigenvalue weighted by Gasteiger charge is 2.28. The smallest absolute Gasteiger partial charge is 0.346 e. The fraction of sp³-hybridized carbons (Fsp3) is 0.474. The van der Waals surface area contributed by atoms with Gasteiger partial charge in [-0.2, -0.15) is 0 Å².